The first-order valence-corrected chi connectivity index (χ1v) is 17.9. The number of benzene rings is 7. The number of para-hydroxylation sites is 3. The molecule has 11 rings (SSSR count). The van der Waals surface area contributed by atoms with Crippen LogP contribution in [0.3, 0.4) is 0 Å². The number of fused-ring (bicyclic) bond motifs is 9. The van der Waals surface area contributed by atoms with Gasteiger partial charge < -0.3 is 18.3 Å². The number of hydrogen-bond donors (Lipinski definition) is 0. The van der Waals surface area contributed by atoms with Gasteiger partial charge in [0, 0.05) is 72.8 Å². The average molecular weight is 669 g/mol. The summed E-state index contributed by atoms with van der Waals surface area (Å²) in [4.78, 5) is 2.41. The van der Waals surface area contributed by atoms with Crippen LogP contribution in [0.15, 0.2) is 184 Å². The third kappa shape index (κ3) is 4.34. The lowest BCUT2D eigenvalue weighted by atomic mass is 9.94. The van der Waals surface area contributed by atoms with E-state index in [2.05, 4.69) is 161 Å². The maximum atomic E-state index is 6.62. The van der Waals surface area contributed by atoms with Crippen LogP contribution in [0.5, 0.6) is 0 Å². The largest absolute Gasteiger partial charge is 0.456 e. The summed E-state index contributed by atoms with van der Waals surface area (Å²) < 4.78 is 15.4. The van der Waals surface area contributed by atoms with Crippen molar-refractivity contribution in [2.45, 2.75) is 12.8 Å². The second-order valence-electron chi connectivity index (χ2n) is 13.6. The van der Waals surface area contributed by atoms with Crippen LogP contribution in [0.25, 0.3) is 82.5 Å². The van der Waals surface area contributed by atoms with E-state index in [9.17, 15) is 0 Å². The lowest BCUT2D eigenvalue weighted by Gasteiger charge is -2.29. The highest BCUT2D eigenvalue weighted by Gasteiger charge is 2.25. The molecule has 7 aromatic carbocycles. The standard InChI is InChI=1S/C48H32N2O2/c1-4-14-31(15-5-1)46-47-39-28-34(49(32-16-6-2-7-17-32)35-24-26-37-36-20-10-12-22-42(36)51-44(37)29-35)25-27-40(39)50(33-18-8-3-9-19-33)41(47)30-45-48(46)38-21-11-13-23-43(38)52-45/h1-6,8-16,18-30H,7,17H2. The third-order valence-electron chi connectivity index (χ3n) is 10.6. The number of nitrogens with zero attached hydrogens (tertiary/aromatic N) is 2. The molecule has 0 bridgehead atoms. The highest BCUT2D eigenvalue weighted by Crippen LogP contribution is 2.48. The number of hydrogen-bond acceptors (Lipinski definition) is 3. The third-order valence-corrected chi connectivity index (χ3v) is 10.6. The van der Waals surface area contributed by atoms with E-state index >= 15 is 0 Å². The molecule has 4 nitrogen and oxygen atoms in total. The highest BCUT2D eigenvalue weighted by atomic mass is 16.3. The minimum Gasteiger partial charge on any atom is -0.456 e. The predicted molar refractivity (Wildman–Crippen MR) is 216 cm³/mol. The second-order valence-corrected chi connectivity index (χ2v) is 13.6. The van der Waals surface area contributed by atoms with Crippen LogP contribution in [-0.4, -0.2) is 4.57 Å². The molecule has 3 heterocycles. The normalized spacial score (nSPS) is 13.3. The van der Waals surface area contributed by atoms with E-state index in [1.165, 1.54) is 22.0 Å². The second kappa shape index (κ2) is 11.4. The summed E-state index contributed by atoms with van der Waals surface area (Å²) in [7, 11) is 0. The van der Waals surface area contributed by atoms with Crippen molar-refractivity contribution in [1.82, 2.24) is 4.57 Å². The van der Waals surface area contributed by atoms with Gasteiger partial charge in [0.15, 0.2) is 0 Å². The predicted octanol–water partition coefficient (Wildman–Crippen LogP) is 13.6. The fraction of sp³-hybridized carbons (Fsp3) is 0.0417. The molecule has 1 aliphatic rings. The molecule has 3 aromatic heterocycles. The molecule has 0 fully saturated rings. The molecular weight excluding hydrogens is 637 g/mol. The van der Waals surface area contributed by atoms with Gasteiger partial charge in [0.05, 0.1) is 11.0 Å². The van der Waals surface area contributed by atoms with Crippen molar-refractivity contribution in [2.24, 2.45) is 0 Å². The van der Waals surface area contributed by atoms with Crippen LogP contribution in [0.1, 0.15) is 12.8 Å². The van der Waals surface area contributed by atoms with E-state index in [1.54, 1.807) is 0 Å². The average Bonchev–Trinajstić information content (AvgIpc) is 3.87. The Kier molecular flexibility index (Phi) is 6.34. The zero-order valence-electron chi connectivity index (χ0n) is 28.3. The van der Waals surface area contributed by atoms with E-state index < -0.39 is 0 Å². The van der Waals surface area contributed by atoms with Gasteiger partial charge in [-0.25, -0.2) is 0 Å². The smallest absolute Gasteiger partial charge is 0.138 e. The van der Waals surface area contributed by atoms with Gasteiger partial charge in [0.1, 0.15) is 22.3 Å². The van der Waals surface area contributed by atoms with Crippen LogP contribution in [-0.2, 0) is 0 Å². The van der Waals surface area contributed by atoms with Crippen LogP contribution in [0.4, 0.5) is 11.4 Å². The molecule has 0 atom stereocenters. The Labute approximate surface area is 299 Å². The molecule has 246 valence electrons. The fourth-order valence-corrected chi connectivity index (χ4v) is 8.37. The summed E-state index contributed by atoms with van der Waals surface area (Å²) in [5, 5.41) is 6.91. The Morgan fingerprint density at radius 2 is 1.17 bits per heavy atom. The summed E-state index contributed by atoms with van der Waals surface area (Å²) in [5.41, 5.74) is 12.7. The van der Waals surface area contributed by atoms with E-state index in [0.29, 0.717) is 0 Å². The molecule has 4 heteroatoms. The minimum absolute atomic E-state index is 0.882. The SMILES string of the molecule is C1=CCCC(N(c2ccc3c(c2)oc2ccccc23)c2ccc3c(c2)c2c(-c4ccccc4)c4c(cc2n3-c2ccccc2)oc2ccccc24)=C1. The van der Waals surface area contributed by atoms with Gasteiger partial charge in [-0.3, -0.25) is 0 Å². The van der Waals surface area contributed by atoms with Crippen LogP contribution < -0.4 is 4.90 Å². The Hall–Kier alpha value is -6.78. The number of rotatable bonds is 5. The lowest BCUT2D eigenvalue weighted by molar-refractivity contribution is 0.668. The Morgan fingerprint density at radius 1 is 0.500 bits per heavy atom. The number of allylic oxidation sites excluding steroid dienone is 4. The minimum atomic E-state index is 0.882. The molecule has 0 spiro atoms. The Balaban J connectivity index is 1.25. The van der Waals surface area contributed by atoms with E-state index in [0.717, 1.165) is 90.4 Å². The molecule has 0 N–H and O–H groups in total. The first kappa shape index (κ1) is 29.0. The first-order valence-electron chi connectivity index (χ1n) is 17.9. The number of furan rings is 2. The van der Waals surface area contributed by atoms with Crippen molar-refractivity contribution >= 4 is 77.1 Å². The molecule has 0 radical (unpaired) electrons. The van der Waals surface area contributed by atoms with Crippen molar-refractivity contribution in [2.75, 3.05) is 4.90 Å². The summed E-state index contributed by atoms with van der Waals surface area (Å²) in [6, 6.07) is 54.0. The molecular formula is C48H32N2O2. The summed E-state index contributed by atoms with van der Waals surface area (Å²) in [6.45, 7) is 0. The topological polar surface area (TPSA) is 34.5 Å². The van der Waals surface area contributed by atoms with Gasteiger partial charge in [-0.05, 0) is 79.1 Å². The first-order chi connectivity index (χ1) is 25.8. The Morgan fingerprint density at radius 3 is 1.98 bits per heavy atom. The van der Waals surface area contributed by atoms with Crippen molar-refractivity contribution < 1.29 is 8.83 Å². The number of aromatic nitrogens is 1. The van der Waals surface area contributed by atoms with Gasteiger partial charge in [0.2, 0.25) is 0 Å². The molecule has 52 heavy (non-hydrogen) atoms. The summed E-state index contributed by atoms with van der Waals surface area (Å²) >= 11 is 0. The summed E-state index contributed by atoms with van der Waals surface area (Å²) in [5.74, 6) is 0. The van der Waals surface area contributed by atoms with Crippen molar-refractivity contribution in [1.29, 1.82) is 0 Å². The van der Waals surface area contributed by atoms with Crippen LogP contribution >= 0.6 is 0 Å². The van der Waals surface area contributed by atoms with Gasteiger partial charge in [-0.2, -0.15) is 0 Å². The zero-order valence-corrected chi connectivity index (χ0v) is 28.3. The van der Waals surface area contributed by atoms with Gasteiger partial charge in [0.25, 0.3) is 0 Å². The number of anilines is 2. The van der Waals surface area contributed by atoms with Crippen LogP contribution in [0.2, 0.25) is 0 Å². The lowest BCUT2D eigenvalue weighted by Crippen LogP contribution is -2.17. The zero-order chi connectivity index (χ0) is 34.2. The maximum absolute atomic E-state index is 6.62. The Bertz CT molecular complexity index is 3070. The van der Waals surface area contributed by atoms with Crippen molar-refractivity contribution in [3.05, 3.63) is 176 Å². The molecule has 0 amide bonds. The van der Waals surface area contributed by atoms with E-state index in [4.69, 9.17) is 8.83 Å². The fourth-order valence-electron chi connectivity index (χ4n) is 8.37. The molecule has 0 unspecified atom stereocenters. The molecule has 1 aliphatic carbocycles. The van der Waals surface area contributed by atoms with E-state index in [-0.39, 0.29) is 0 Å². The summed E-state index contributed by atoms with van der Waals surface area (Å²) in [6.07, 6.45) is 8.61. The molecule has 0 saturated heterocycles. The highest BCUT2D eigenvalue weighted by molar-refractivity contribution is 6.27. The molecule has 0 saturated carbocycles. The quantitative estimate of drug-likeness (QED) is 0.183. The van der Waals surface area contributed by atoms with Crippen molar-refractivity contribution in [3.63, 3.8) is 0 Å². The van der Waals surface area contributed by atoms with Crippen molar-refractivity contribution in [3.8, 4) is 16.8 Å². The molecule has 10 aromatic rings. The van der Waals surface area contributed by atoms with Gasteiger partial charge >= 0.3 is 0 Å². The maximum Gasteiger partial charge on any atom is 0.138 e. The van der Waals surface area contributed by atoms with Gasteiger partial charge in [-0.1, -0.05) is 97.1 Å². The van der Waals surface area contributed by atoms with Gasteiger partial charge in [-0.15, -0.1) is 0 Å². The molecule has 0 aliphatic heterocycles. The van der Waals surface area contributed by atoms with E-state index in [1.807, 2.05) is 18.2 Å². The monoisotopic (exact) mass is 668 g/mol. The van der Waals surface area contributed by atoms with Crippen LogP contribution in [0, 0.1) is 0 Å².